The predicted molar refractivity (Wildman–Crippen MR) is 98.3 cm³/mol. The highest BCUT2D eigenvalue weighted by Gasteiger charge is 2.15. The molecule has 0 aliphatic carbocycles. The zero-order valence-electron chi connectivity index (χ0n) is 14.8. The first kappa shape index (κ1) is 18.6. The van der Waals surface area contributed by atoms with E-state index in [0.29, 0.717) is 0 Å². The maximum Gasteiger partial charge on any atom is 0.226 e. The van der Waals surface area contributed by atoms with E-state index in [4.69, 9.17) is 0 Å². The number of aliphatic hydroxyl groups is 1. The number of thiazole rings is 1. The van der Waals surface area contributed by atoms with Crippen LogP contribution in [0.3, 0.4) is 0 Å². The van der Waals surface area contributed by atoms with Gasteiger partial charge in [0.15, 0.2) is 0 Å². The lowest BCUT2D eigenvalue weighted by Crippen LogP contribution is -2.29. The highest BCUT2D eigenvalue weighted by molar-refractivity contribution is 7.09. The first-order valence-electron chi connectivity index (χ1n) is 8.28. The summed E-state index contributed by atoms with van der Waals surface area (Å²) >= 11 is 1.58. The Morgan fingerprint density at radius 2 is 1.96 bits per heavy atom. The Balaban J connectivity index is 1.85. The minimum Gasteiger partial charge on any atom is -0.387 e. The van der Waals surface area contributed by atoms with Crippen molar-refractivity contribution in [3.63, 3.8) is 0 Å². The third-order valence-corrected chi connectivity index (χ3v) is 4.94. The molecule has 0 saturated heterocycles. The Morgan fingerprint density at radius 3 is 2.50 bits per heavy atom. The highest BCUT2D eigenvalue weighted by Crippen LogP contribution is 2.23. The molecule has 1 aromatic carbocycles. The smallest absolute Gasteiger partial charge is 0.226 e. The van der Waals surface area contributed by atoms with E-state index in [1.807, 2.05) is 36.6 Å². The lowest BCUT2D eigenvalue weighted by atomic mass is 9.86. The normalized spacial score (nSPS) is 12.9. The van der Waals surface area contributed by atoms with Crippen molar-refractivity contribution in [2.45, 2.75) is 52.1 Å². The molecule has 5 heteroatoms. The second-order valence-electron chi connectivity index (χ2n) is 6.95. The summed E-state index contributed by atoms with van der Waals surface area (Å²) in [5, 5.41) is 16.0. The molecule has 1 amide bonds. The van der Waals surface area contributed by atoms with Crippen molar-refractivity contribution >= 4 is 17.2 Å². The topological polar surface area (TPSA) is 62.2 Å². The van der Waals surface area contributed by atoms with Crippen molar-refractivity contribution < 1.29 is 9.90 Å². The van der Waals surface area contributed by atoms with Gasteiger partial charge in [0.2, 0.25) is 5.91 Å². The summed E-state index contributed by atoms with van der Waals surface area (Å²) in [6, 6.07) is 7.90. The first-order valence-corrected chi connectivity index (χ1v) is 9.16. The predicted octanol–water partition coefficient (Wildman–Crippen LogP) is 3.40. The summed E-state index contributed by atoms with van der Waals surface area (Å²) in [5.41, 5.74) is 2.91. The van der Waals surface area contributed by atoms with Crippen molar-refractivity contribution in [1.29, 1.82) is 0 Å². The molecule has 0 saturated carbocycles. The fourth-order valence-corrected chi connectivity index (χ4v) is 3.10. The van der Waals surface area contributed by atoms with Crippen LogP contribution in [0.25, 0.3) is 0 Å². The molecule has 4 nitrogen and oxygen atoms in total. The van der Waals surface area contributed by atoms with Gasteiger partial charge in [-0.3, -0.25) is 4.79 Å². The minimum atomic E-state index is -0.704. The van der Waals surface area contributed by atoms with E-state index in [1.165, 1.54) is 5.56 Å². The summed E-state index contributed by atoms with van der Waals surface area (Å²) in [7, 11) is 0. The van der Waals surface area contributed by atoms with Crippen molar-refractivity contribution in [3.8, 4) is 0 Å². The van der Waals surface area contributed by atoms with Crippen LogP contribution in [0.15, 0.2) is 29.6 Å². The fraction of sp³-hybridized carbons (Fsp3) is 0.474. The van der Waals surface area contributed by atoms with Crippen LogP contribution in [0.5, 0.6) is 0 Å². The van der Waals surface area contributed by atoms with Gasteiger partial charge in [-0.2, -0.15) is 0 Å². The summed E-state index contributed by atoms with van der Waals surface area (Å²) in [6.45, 7) is 8.71. The molecule has 24 heavy (non-hydrogen) atoms. The van der Waals surface area contributed by atoms with Gasteiger partial charge in [-0.1, -0.05) is 52.0 Å². The van der Waals surface area contributed by atoms with Crippen molar-refractivity contribution in [3.05, 3.63) is 51.5 Å². The molecule has 1 unspecified atom stereocenters. The third kappa shape index (κ3) is 5.14. The lowest BCUT2D eigenvalue weighted by Gasteiger charge is -2.20. The Kier molecular flexibility index (Phi) is 6.13. The molecular formula is C19H26N2O2S. The number of aliphatic hydroxyl groups excluding tert-OH is 1. The summed E-state index contributed by atoms with van der Waals surface area (Å²) in [6.07, 6.45) is 0.437. The largest absolute Gasteiger partial charge is 0.387 e. The number of carbonyl (C=O) groups is 1. The second-order valence-corrected chi connectivity index (χ2v) is 7.90. The quantitative estimate of drug-likeness (QED) is 0.843. The van der Waals surface area contributed by atoms with E-state index in [-0.39, 0.29) is 24.3 Å². The maximum atomic E-state index is 12.0. The fourth-order valence-electron chi connectivity index (χ4n) is 2.35. The van der Waals surface area contributed by atoms with E-state index in [2.05, 4.69) is 31.1 Å². The molecule has 2 aromatic rings. The molecule has 0 radical (unpaired) electrons. The molecule has 130 valence electrons. The molecule has 0 bridgehead atoms. The van der Waals surface area contributed by atoms with Gasteiger partial charge in [0.05, 0.1) is 23.2 Å². The number of nitrogens with one attached hydrogen (secondary N) is 1. The molecule has 1 heterocycles. The molecule has 0 spiro atoms. The van der Waals surface area contributed by atoms with Gasteiger partial charge in [-0.15, -0.1) is 11.3 Å². The van der Waals surface area contributed by atoms with Crippen LogP contribution in [0, 0.1) is 0 Å². The number of carbonyl (C=O) groups excluding carboxylic acids is 1. The third-order valence-electron chi connectivity index (χ3n) is 3.90. The van der Waals surface area contributed by atoms with Gasteiger partial charge in [0, 0.05) is 11.9 Å². The zero-order valence-corrected chi connectivity index (χ0v) is 15.6. The Hall–Kier alpha value is -1.72. The standard InChI is InChI=1S/C19H26N2O2S/c1-5-18-21-15(12-24-18)10-17(23)20-11-16(22)13-6-8-14(9-7-13)19(2,3)4/h6-9,12,16,22H,5,10-11H2,1-4H3,(H,20,23). The van der Waals surface area contributed by atoms with Crippen LogP contribution in [0.1, 0.15) is 55.6 Å². The zero-order chi connectivity index (χ0) is 17.7. The van der Waals surface area contributed by atoms with Crippen LogP contribution in [-0.2, 0) is 23.1 Å². The molecule has 0 aliphatic heterocycles. The van der Waals surface area contributed by atoms with E-state index in [0.717, 1.165) is 22.7 Å². The maximum absolute atomic E-state index is 12.0. The van der Waals surface area contributed by atoms with Gasteiger partial charge in [0.1, 0.15) is 0 Å². The van der Waals surface area contributed by atoms with Gasteiger partial charge in [-0.25, -0.2) is 4.98 Å². The van der Waals surface area contributed by atoms with Crippen LogP contribution < -0.4 is 5.32 Å². The summed E-state index contributed by atoms with van der Waals surface area (Å²) in [5.74, 6) is -0.117. The molecule has 2 N–H and O–H groups in total. The average Bonchev–Trinajstić information content (AvgIpc) is 2.99. The summed E-state index contributed by atoms with van der Waals surface area (Å²) < 4.78 is 0. The van der Waals surface area contributed by atoms with E-state index in [9.17, 15) is 9.90 Å². The minimum absolute atomic E-state index is 0.0859. The van der Waals surface area contributed by atoms with E-state index in [1.54, 1.807) is 11.3 Å². The molecule has 0 fully saturated rings. The number of nitrogens with zero attached hydrogens (tertiary/aromatic N) is 1. The molecular weight excluding hydrogens is 320 g/mol. The molecule has 1 atom stereocenters. The summed E-state index contributed by atoms with van der Waals surface area (Å²) in [4.78, 5) is 16.4. The van der Waals surface area contributed by atoms with Crippen LogP contribution >= 0.6 is 11.3 Å². The van der Waals surface area contributed by atoms with Gasteiger partial charge in [0.25, 0.3) is 0 Å². The van der Waals surface area contributed by atoms with Crippen LogP contribution in [0.2, 0.25) is 0 Å². The van der Waals surface area contributed by atoms with Crippen LogP contribution in [-0.4, -0.2) is 22.5 Å². The SMILES string of the molecule is CCc1nc(CC(=O)NCC(O)c2ccc(C(C)(C)C)cc2)cs1. The molecule has 1 aromatic heterocycles. The van der Waals surface area contributed by atoms with E-state index < -0.39 is 6.10 Å². The number of benzene rings is 1. The first-order chi connectivity index (χ1) is 11.3. The highest BCUT2D eigenvalue weighted by atomic mass is 32.1. The Labute approximate surface area is 148 Å². The Morgan fingerprint density at radius 1 is 1.29 bits per heavy atom. The average molecular weight is 346 g/mol. The van der Waals surface area contributed by atoms with Gasteiger partial charge in [-0.05, 0) is 23.0 Å². The van der Waals surface area contributed by atoms with E-state index >= 15 is 0 Å². The van der Waals surface area contributed by atoms with Gasteiger partial charge >= 0.3 is 0 Å². The monoisotopic (exact) mass is 346 g/mol. The molecule has 2 rings (SSSR count). The number of rotatable bonds is 6. The van der Waals surface area contributed by atoms with Crippen molar-refractivity contribution in [2.24, 2.45) is 0 Å². The Bertz CT molecular complexity index is 671. The lowest BCUT2D eigenvalue weighted by molar-refractivity contribution is -0.120. The van der Waals surface area contributed by atoms with Crippen LogP contribution in [0.4, 0.5) is 0 Å². The van der Waals surface area contributed by atoms with Crippen molar-refractivity contribution in [1.82, 2.24) is 10.3 Å². The van der Waals surface area contributed by atoms with Gasteiger partial charge < -0.3 is 10.4 Å². The number of hydrogen-bond donors (Lipinski definition) is 2. The number of aromatic nitrogens is 1. The number of amides is 1. The second kappa shape index (κ2) is 7.90. The molecule has 0 aliphatic rings. The van der Waals surface area contributed by atoms with Crippen molar-refractivity contribution in [2.75, 3.05) is 6.54 Å². The number of hydrogen-bond acceptors (Lipinski definition) is 4. The number of aryl methyl sites for hydroxylation is 1.